The van der Waals surface area contributed by atoms with Gasteiger partial charge in [-0.1, -0.05) is 24.3 Å². The molecular weight excluding hydrogens is 416 g/mol. The molecule has 1 aromatic carbocycles. The Morgan fingerprint density at radius 1 is 1.21 bits per heavy atom. The molecule has 0 spiro atoms. The van der Waals surface area contributed by atoms with E-state index >= 15 is 0 Å². The summed E-state index contributed by atoms with van der Waals surface area (Å²) >= 11 is 0. The van der Waals surface area contributed by atoms with Crippen LogP contribution in [0, 0.1) is 5.92 Å². The number of fused-ring (bicyclic) bond motifs is 1. The number of aromatic amines is 1. The van der Waals surface area contributed by atoms with Gasteiger partial charge >= 0.3 is 0 Å². The maximum atomic E-state index is 13.0. The quantitative estimate of drug-likeness (QED) is 0.686. The van der Waals surface area contributed by atoms with Crippen LogP contribution in [0.2, 0.25) is 0 Å². The second kappa shape index (κ2) is 9.51. The molecule has 2 aromatic rings. The number of amides is 1. The predicted molar refractivity (Wildman–Crippen MR) is 126 cm³/mol. The maximum absolute atomic E-state index is 13.0. The Bertz CT molecular complexity index is 1090. The van der Waals surface area contributed by atoms with Crippen molar-refractivity contribution in [2.45, 2.75) is 57.7 Å². The van der Waals surface area contributed by atoms with Crippen molar-refractivity contribution < 1.29 is 9.53 Å². The Balaban J connectivity index is 1.29. The van der Waals surface area contributed by atoms with Crippen LogP contribution in [-0.2, 0) is 24.3 Å². The van der Waals surface area contributed by atoms with Crippen molar-refractivity contribution in [2.75, 3.05) is 20.2 Å². The molecular formula is C26H32N4O3. The molecule has 3 aliphatic rings. The number of hydrogen-bond donors (Lipinski definition) is 1. The second-order valence-corrected chi connectivity index (χ2v) is 9.40. The fourth-order valence-electron chi connectivity index (χ4n) is 5.34. The summed E-state index contributed by atoms with van der Waals surface area (Å²) in [6, 6.07) is 7.94. The minimum atomic E-state index is -0.113. The van der Waals surface area contributed by atoms with Crippen molar-refractivity contribution in [2.24, 2.45) is 5.92 Å². The Kier molecular flexibility index (Phi) is 6.31. The molecule has 5 rings (SSSR count). The van der Waals surface area contributed by atoms with Gasteiger partial charge in [0.15, 0.2) is 0 Å². The molecule has 0 unspecified atom stereocenters. The summed E-state index contributed by atoms with van der Waals surface area (Å²) in [5, 5.41) is 0. The summed E-state index contributed by atoms with van der Waals surface area (Å²) < 4.78 is 5.24. The van der Waals surface area contributed by atoms with Crippen LogP contribution >= 0.6 is 0 Å². The van der Waals surface area contributed by atoms with Crippen molar-refractivity contribution >= 4 is 5.91 Å². The third-order valence-electron chi connectivity index (χ3n) is 7.17. The molecule has 33 heavy (non-hydrogen) atoms. The first kappa shape index (κ1) is 21.9. The summed E-state index contributed by atoms with van der Waals surface area (Å²) in [4.78, 5) is 38.1. The number of methoxy groups -OCH3 is 1. The van der Waals surface area contributed by atoms with E-state index in [4.69, 9.17) is 9.72 Å². The lowest BCUT2D eigenvalue weighted by atomic mass is 10.0. The van der Waals surface area contributed by atoms with Crippen LogP contribution in [0.5, 0.6) is 5.75 Å². The molecule has 7 nitrogen and oxygen atoms in total. The molecule has 0 saturated carbocycles. The lowest BCUT2D eigenvalue weighted by Gasteiger charge is -2.29. The summed E-state index contributed by atoms with van der Waals surface area (Å²) in [5.74, 6) is 2.04. The summed E-state index contributed by atoms with van der Waals surface area (Å²) in [7, 11) is 1.66. The van der Waals surface area contributed by atoms with E-state index in [0.29, 0.717) is 24.7 Å². The van der Waals surface area contributed by atoms with E-state index in [-0.39, 0.29) is 17.5 Å². The molecule has 2 aliphatic heterocycles. The molecule has 1 amide bonds. The van der Waals surface area contributed by atoms with Crippen LogP contribution in [0.3, 0.4) is 0 Å². The van der Waals surface area contributed by atoms with Gasteiger partial charge in [0.25, 0.3) is 5.56 Å². The first-order valence-electron chi connectivity index (χ1n) is 12.0. The highest BCUT2D eigenvalue weighted by atomic mass is 16.5. The molecule has 3 heterocycles. The van der Waals surface area contributed by atoms with Gasteiger partial charge in [-0.05, 0) is 49.3 Å². The zero-order valence-electron chi connectivity index (χ0n) is 19.3. The van der Waals surface area contributed by atoms with Crippen molar-refractivity contribution in [3.63, 3.8) is 0 Å². The number of benzene rings is 1. The first-order valence-corrected chi connectivity index (χ1v) is 12.0. The smallest absolute Gasteiger partial charge is 0.255 e. The van der Waals surface area contributed by atoms with Crippen molar-refractivity contribution in [3.8, 4) is 5.75 Å². The van der Waals surface area contributed by atoms with E-state index < -0.39 is 0 Å². The highest BCUT2D eigenvalue weighted by Gasteiger charge is 2.33. The maximum Gasteiger partial charge on any atom is 0.255 e. The van der Waals surface area contributed by atoms with Gasteiger partial charge in [0.05, 0.1) is 24.4 Å². The van der Waals surface area contributed by atoms with Gasteiger partial charge < -0.3 is 14.6 Å². The standard InChI is InChI=1S/C26H32N4O3/c1-33-20-10-8-19(9-11-20)16-29-14-12-22-21(17-29)26(32)28-25(27-22)23-7-4-13-30(23)24(31)15-18-5-2-3-6-18/h2,5,8-11,18,23H,3-4,6-7,12-17H2,1H3,(H,27,28,32)/t18-,23+/m0/s1. The number of allylic oxidation sites excluding steroid dienone is 2. The van der Waals surface area contributed by atoms with Crippen LogP contribution in [0.15, 0.2) is 41.2 Å². The van der Waals surface area contributed by atoms with Gasteiger partial charge in [0.1, 0.15) is 11.6 Å². The van der Waals surface area contributed by atoms with E-state index in [0.717, 1.165) is 68.7 Å². The average molecular weight is 449 g/mol. The molecule has 1 aliphatic carbocycles. The average Bonchev–Trinajstić information content (AvgIpc) is 3.52. The van der Waals surface area contributed by atoms with Crippen molar-refractivity contribution in [1.82, 2.24) is 19.8 Å². The molecule has 0 bridgehead atoms. The van der Waals surface area contributed by atoms with Crippen LogP contribution in [-0.4, -0.2) is 45.9 Å². The minimum Gasteiger partial charge on any atom is -0.497 e. The zero-order chi connectivity index (χ0) is 22.8. The number of nitrogens with one attached hydrogen (secondary N) is 1. The second-order valence-electron chi connectivity index (χ2n) is 9.40. The number of likely N-dealkylation sites (tertiary alicyclic amines) is 1. The topological polar surface area (TPSA) is 78.5 Å². The van der Waals surface area contributed by atoms with Gasteiger partial charge in [-0.3, -0.25) is 14.5 Å². The highest BCUT2D eigenvalue weighted by Crippen LogP contribution is 2.32. The summed E-state index contributed by atoms with van der Waals surface area (Å²) in [6.45, 7) is 2.98. The SMILES string of the molecule is COc1ccc(CN2CCc3nc([C@H]4CCCN4C(=O)C[C@H]4C=CCC4)[nH]c(=O)c3C2)cc1. The van der Waals surface area contributed by atoms with Crippen LogP contribution < -0.4 is 10.3 Å². The van der Waals surface area contributed by atoms with Crippen LogP contribution in [0.1, 0.15) is 60.8 Å². The monoisotopic (exact) mass is 448 g/mol. The molecule has 1 aromatic heterocycles. The van der Waals surface area contributed by atoms with Gasteiger partial charge in [-0.15, -0.1) is 0 Å². The Morgan fingerprint density at radius 3 is 2.82 bits per heavy atom. The van der Waals surface area contributed by atoms with Crippen molar-refractivity contribution in [1.29, 1.82) is 0 Å². The Labute approximate surface area is 194 Å². The number of carbonyl (C=O) groups excluding carboxylic acids is 1. The van der Waals surface area contributed by atoms with Crippen LogP contribution in [0.25, 0.3) is 0 Å². The van der Waals surface area contributed by atoms with Crippen LogP contribution in [0.4, 0.5) is 0 Å². The number of hydrogen-bond acceptors (Lipinski definition) is 5. The largest absolute Gasteiger partial charge is 0.497 e. The van der Waals surface area contributed by atoms with Gasteiger partial charge in [0.2, 0.25) is 5.91 Å². The molecule has 2 atom stereocenters. The third kappa shape index (κ3) is 4.74. The van der Waals surface area contributed by atoms with Crippen molar-refractivity contribution in [3.05, 3.63) is 69.4 Å². The zero-order valence-corrected chi connectivity index (χ0v) is 19.3. The normalized spacial score (nSPS) is 22.5. The third-order valence-corrected chi connectivity index (χ3v) is 7.17. The number of carbonyl (C=O) groups is 1. The molecule has 0 radical (unpaired) electrons. The minimum absolute atomic E-state index is 0.0625. The van der Waals surface area contributed by atoms with E-state index in [1.807, 2.05) is 17.0 Å². The van der Waals surface area contributed by atoms with E-state index in [1.54, 1.807) is 7.11 Å². The summed E-state index contributed by atoms with van der Waals surface area (Å²) in [5.41, 5.74) is 2.77. The fraction of sp³-hybridized carbons (Fsp3) is 0.500. The number of ether oxygens (including phenoxy) is 1. The molecule has 1 N–H and O–H groups in total. The van der Waals surface area contributed by atoms with Gasteiger partial charge in [-0.2, -0.15) is 0 Å². The van der Waals surface area contributed by atoms with E-state index in [9.17, 15) is 9.59 Å². The van der Waals surface area contributed by atoms with Gasteiger partial charge in [0, 0.05) is 39.0 Å². The van der Waals surface area contributed by atoms with E-state index in [1.165, 1.54) is 5.56 Å². The number of nitrogens with zero attached hydrogens (tertiary/aromatic N) is 3. The summed E-state index contributed by atoms with van der Waals surface area (Å²) in [6.07, 6.45) is 9.57. The Hall–Kier alpha value is -2.93. The fourth-order valence-corrected chi connectivity index (χ4v) is 5.34. The van der Waals surface area contributed by atoms with Gasteiger partial charge in [-0.25, -0.2) is 4.98 Å². The lowest BCUT2D eigenvalue weighted by molar-refractivity contribution is -0.133. The molecule has 7 heteroatoms. The number of H-pyrrole nitrogens is 1. The Morgan fingerprint density at radius 2 is 2.06 bits per heavy atom. The molecule has 1 fully saturated rings. The van der Waals surface area contributed by atoms with E-state index in [2.05, 4.69) is 34.2 Å². The molecule has 174 valence electrons. The highest BCUT2D eigenvalue weighted by molar-refractivity contribution is 5.77. The number of rotatable bonds is 6. The number of aromatic nitrogens is 2. The predicted octanol–water partition coefficient (Wildman–Crippen LogP) is 3.36. The molecule has 1 saturated heterocycles. The first-order chi connectivity index (χ1) is 16.1. The lowest BCUT2D eigenvalue weighted by Crippen LogP contribution is -2.38.